The lowest BCUT2D eigenvalue weighted by atomic mass is 10.1. The van der Waals surface area contributed by atoms with E-state index in [2.05, 4.69) is 16.9 Å². The van der Waals surface area contributed by atoms with E-state index in [9.17, 15) is 0 Å². The maximum absolute atomic E-state index is 5.92. The molecule has 0 radical (unpaired) electrons. The number of nitrogens with two attached hydrogens (primary N) is 1. The van der Waals surface area contributed by atoms with Crippen molar-refractivity contribution in [2.24, 2.45) is 5.92 Å². The normalized spacial score (nSPS) is 16.6. The van der Waals surface area contributed by atoms with E-state index in [4.69, 9.17) is 5.73 Å². The molecule has 3 nitrogen and oxygen atoms in total. The second-order valence-corrected chi connectivity index (χ2v) is 5.78. The van der Waals surface area contributed by atoms with E-state index in [1.807, 2.05) is 18.7 Å². The summed E-state index contributed by atoms with van der Waals surface area (Å²) in [7, 11) is 0. The van der Waals surface area contributed by atoms with Crippen LogP contribution in [0.25, 0.3) is 0 Å². The summed E-state index contributed by atoms with van der Waals surface area (Å²) in [6.07, 6.45) is 6.41. The molecule has 1 fully saturated rings. The first-order valence-electron chi connectivity index (χ1n) is 6.46. The number of nitrogen functional groups attached to an aromatic ring is 1. The smallest absolute Gasteiger partial charge is 0.131 e. The van der Waals surface area contributed by atoms with Crippen molar-refractivity contribution in [3.8, 4) is 0 Å². The van der Waals surface area contributed by atoms with Gasteiger partial charge in [0.05, 0.1) is 0 Å². The molecule has 1 aromatic rings. The highest BCUT2D eigenvalue weighted by molar-refractivity contribution is 7.99. The van der Waals surface area contributed by atoms with Crippen LogP contribution in [-0.2, 0) is 6.42 Å². The minimum absolute atomic E-state index is 0.644. The van der Waals surface area contributed by atoms with Gasteiger partial charge in [-0.2, -0.15) is 0 Å². The van der Waals surface area contributed by atoms with Crippen LogP contribution in [0.3, 0.4) is 0 Å². The van der Waals surface area contributed by atoms with Crippen LogP contribution in [-0.4, -0.2) is 15.7 Å². The quantitative estimate of drug-likeness (QED) is 0.659. The van der Waals surface area contributed by atoms with E-state index in [1.165, 1.54) is 31.4 Å². The summed E-state index contributed by atoms with van der Waals surface area (Å²) in [6, 6.07) is 0. The summed E-state index contributed by atoms with van der Waals surface area (Å²) in [5, 5.41) is 1.08. The Labute approximate surface area is 108 Å². The Morgan fingerprint density at radius 3 is 2.65 bits per heavy atom. The summed E-state index contributed by atoms with van der Waals surface area (Å²) in [6.45, 7) is 4.08. The van der Waals surface area contributed by atoms with Crippen LogP contribution < -0.4 is 5.73 Å². The zero-order valence-electron chi connectivity index (χ0n) is 10.7. The van der Waals surface area contributed by atoms with Gasteiger partial charge in [-0.1, -0.05) is 19.8 Å². The van der Waals surface area contributed by atoms with E-state index < -0.39 is 0 Å². The van der Waals surface area contributed by atoms with E-state index in [0.717, 1.165) is 28.8 Å². The van der Waals surface area contributed by atoms with Crippen molar-refractivity contribution >= 4 is 17.6 Å². The molecule has 1 saturated carbocycles. The summed E-state index contributed by atoms with van der Waals surface area (Å²) in [5.41, 5.74) is 6.96. The predicted octanol–water partition coefficient (Wildman–Crippen LogP) is 3.21. The van der Waals surface area contributed by atoms with Gasteiger partial charge < -0.3 is 5.73 Å². The van der Waals surface area contributed by atoms with Crippen LogP contribution >= 0.6 is 11.8 Å². The molecule has 0 unspecified atom stereocenters. The molecule has 0 atom stereocenters. The van der Waals surface area contributed by atoms with Crippen LogP contribution in [0.1, 0.15) is 44.0 Å². The zero-order chi connectivity index (χ0) is 12.3. The third-order valence-electron chi connectivity index (χ3n) is 3.43. The monoisotopic (exact) mass is 251 g/mol. The van der Waals surface area contributed by atoms with E-state index in [0.29, 0.717) is 5.82 Å². The first-order chi connectivity index (χ1) is 8.20. The van der Waals surface area contributed by atoms with Gasteiger partial charge in [0.1, 0.15) is 16.7 Å². The highest BCUT2D eigenvalue weighted by Gasteiger charge is 2.16. The lowest BCUT2D eigenvalue weighted by Gasteiger charge is -2.11. The van der Waals surface area contributed by atoms with Crippen molar-refractivity contribution < 1.29 is 0 Å². The number of thioether (sulfide) groups is 1. The fourth-order valence-electron chi connectivity index (χ4n) is 2.23. The third-order valence-corrected chi connectivity index (χ3v) is 4.74. The van der Waals surface area contributed by atoms with Gasteiger partial charge in [0, 0.05) is 17.7 Å². The number of rotatable bonds is 4. The van der Waals surface area contributed by atoms with Crippen LogP contribution in [0.4, 0.5) is 5.82 Å². The van der Waals surface area contributed by atoms with Crippen LogP contribution in [0, 0.1) is 12.8 Å². The first kappa shape index (κ1) is 12.7. The molecule has 2 N–H and O–H groups in total. The molecule has 0 bridgehead atoms. The summed E-state index contributed by atoms with van der Waals surface area (Å²) in [5.74, 6) is 3.56. The lowest BCUT2D eigenvalue weighted by molar-refractivity contribution is 0.622. The van der Waals surface area contributed by atoms with Gasteiger partial charge in [-0.05, 0) is 25.7 Å². The zero-order valence-corrected chi connectivity index (χ0v) is 11.5. The summed E-state index contributed by atoms with van der Waals surface area (Å²) < 4.78 is 0. The molecule has 0 aliphatic heterocycles. The minimum atomic E-state index is 0.644. The summed E-state index contributed by atoms with van der Waals surface area (Å²) >= 11 is 1.86. The van der Waals surface area contributed by atoms with Gasteiger partial charge in [0.25, 0.3) is 0 Å². The molecule has 1 aliphatic carbocycles. The van der Waals surface area contributed by atoms with Gasteiger partial charge in [0.15, 0.2) is 0 Å². The largest absolute Gasteiger partial charge is 0.383 e. The predicted molar refractivity (Wildman–Crippen MR) is 73.2 cm³/mol. The molecule has 0 spiro atoms. The Morgan fingerprint density at radius 1 is 1.29 bits per heavy atom. The van der Waals surface area contributed by atoms with Gasteiger partial charge in [0.2, 0.25) is 0 Å². The third kappa shape index (κ3) is 3.12. The fourth-order valence-corrected chi connectivity index (χ4v) is 3.45. The molecule has 0 aromatic carbocycles. The SMILES string of the molecule is CCc1nc(N)c(C)c(SCC2CCCC2)n1. The fraction of sp³-hybridized carbons (Fsp3) is 0.692. The second-order valence-electron chi connectivity index (χ2n) is 4.77. The van der Waals surface area contributed by atoms with Crippen molar-refractivity contribution in [3.05, 3.63) is 11.4 Å². The Balaban J connectivity index is 2.05. The number of hydrogen-bond acceptors (Lipinski definition) is 4. The number of anilines is 1. The second kappa shape index (κ2) is 5.71. The molecule has 1 aliphatic rings. The number of hydrogen-bond donors (Lipinski definition) is 1. The molecule has 1 aromatic heterocycles. The van der Waals surface area contributed by atoms with Crippen molar-refractivity contribution in [1.82, 2.24) is 9.97 Å². The van der Waals surface area contributed by atoms with Crippen molar-refractivity contribution in [3.63, 3.8) is 0 Å². The molecule has 94 valence electrons. The van der Waals surface area contributed by atoms with Crippen LogP contribution in [0.5, 0.6) is 0 Å². The molecule has 17 heavy (non-hydrogen) atoms. The highest BCUT2D eigenvalue weighted by Crippen LogP contribution is 2.32. The minimum Gasteiger partial charge on any atom is -0.383 e. The lowest BCUT2D eigenvalue weighted by Crippen LogP contribution is -2.05. The molecule has 1 heterocycles. The van der Waals surface area contributed by atoms with Crippen molar-refractivity contribution in [2.45, 2.75) is 51.0 Å². The molecule has 0 amide bonds. The average molecular weight is 251 g/mol. The van der Waals surface area contributed by atoms with Crippen molar-refractivity contribution in [1.29, 1.82) is 0 Å². The standard InChI is InChI=1S/C13H21N3S/c1-3-11-15-12(14)9(2)13(16-11)17-8-10-6-4-5-7-10/h10H,3-8H2,1-2H3,(H2,14,15,16). The Hall–Kier alpha value is -0.770. The maximum Gasteiger partial charge on any atom is 0.131 e. The molecule has 2 rings (SSSR count). The number of nitrogens with zero attached hydrogens (tertiary/aromatic N) is 2. The van der Waals surface area contributed by atoms with Gasteiger partial charge >= 0.3 is 0 Å². The van der Waals surface area contributed by atoms with Gasteiger partial charge in [-0.3, -0.25) is 0 Å². The van der Waals surface area contributed by atoms with Crippen LogP contribution in [0.15, 0.2) is 5.03 Å². The topological polar surface area (TPSA) is 51.8 Å². The Morgan fingerprint density at radius 2 is 2.00 bits per heavy atom. The van der Waals surface area contributed by atoms with E-state index in [-0.39, 0.29) is 0 Å². The Kier molecular flexibility index (Phi) is 4.26. The molecular weight excluding hydrogens is 230 g/mol. The van der Waals surface area contributed by atoms with E-state index in [1.54, 1.807) is 0 Å². The van der Waals surface area contributed by atoms with Gasteiger partial charge in [-0.25, -0.2) is 9.97 Å². The Bertz CT molecular complexity index is 386. The van der Waals surface area contributed by atoms with Crippen molar-refractivity contribution in [2.75, 3.05) is 11.5 Å². The first-order valence-corrected chi connectivity index (χ1v) is 7.45. The number of aromatic nitrogens is 2. The molecule has 4 heteroatoms. The molecular formula is C13H21N3S. The molecule has 0 saturated heterocycles. The van der Waals surface area contributed by atoms with E-state index >= 15 is 0 Å². The summed E-state index contributed by atoms with van der Waals surface area (Å²) in [4.78, 5) is 8.87. The highest BCUT2D eigenvalue weighted by atomic mass is 32.2. The average Bonchev–Trinajstić information content (AvgIpc) is 2.84. The number of aryl methyl sites for hydroxylation is 1. The van der Waals surface area contributed by atoms with Gasteiger partial charge in [-0.15, -0.1) is 11.8 Å². The maximum atomic E-state index is 5.92. The van der Waals surface area contributed by atoms with Crippen LogP contribution in [0.2, 0.25) is 0 Å².